The summed E-state index contributed by atoms with van der Waals surface area (Å²) in [5, 5.41) is 17.6. The van der Waals surface area contributed by atoms with Gasteiger partial charge in [0.15, 0.2) is 0 Å². The number of rotatable bonds is 2. The van der Waals surface area contributed by atoms with Crippen molar-refractivity contribution in [1.29, 1.82) is 5.26 Å². The zero-order valence-electron chi connectivity index (χ0n) is 11.3. The van der Waals surface area contributed by atoms with Crippen LogP contribution in [-0.2, 0) is 6.42 Å². The van der Waals surface area contributed by atoms with E-state index >= 15 is 0 Å². The topological polar surface area (TPSA) is 77.0 Å². The number of anilines is 3. The normalized spacial score (nSPS) is 12.0. The third kappa shape index (κ3) is 2.79. The molecule has 0 fully saturated rings. The van der Waals surface area contributed by atoms with Gasteiger partial charge in [0, 0.05) is 29.2 Å². The second-order valence-corrected chi connectivity index (χ2v) is 4.78. The Hall–Kier alpha value is -3.00. The van der Waals surface area contributed by atoms with Crippen molar-refractivity contribution in [3.05, 3.63) is 53.6 Å². The minimum Gasteiger partial charge on any atom is -0.384 e. The highest BCUT2D eigenvalue weighted by atomic mass is 16.2. The number of carbonyl (C=O) groups excluding carboxylic acids is 1. The van der Waals surface area contributed by atoms with E-state index in [-0.39, 0.29) is 6.03 Å². The monoisotopic (exact) mass is 278 g/mol. The first-order chi connectivity index (χ1) is 10.3. The SMILES string of the molecule is N#Cc1ccc(NC(=O)Nc2cccc3c2CCN3)cc1. The molecule has 0 aliphatic carbocycles. The van der Waals surface area contributed by atoms with Crippen LogP contribution in [0.3, 0.4) is 0 Å². The fourth-order valence-corrected chi connectivity index (χ4v) is 2.37. The van der Waals surface area contributed by atoms with Gasteiger partial charge < -0.3 is 16.0 Å². The van der Waals surface area contributed by atoms with Crippen molar-refractivity contribution in [3.8, 4) is 6.07 Å². The van der Waals surface area contributed by atoms with Crippen molar-refractivity contribution in [3.63, 3.8) is 0 Å². The van der Waals surface area contributed by atoms with Crippen LogP contribution in [0.4, 0.5) is 21.9 Å². The second-order valence-electron chi connectivity index (χ2n) is 4.78. The molecule has 104 valence electrons. The highest BCUT2D eigenvalue weighted by Crippen LogP contribution is 2.29. The highest BCUT2D eigenvalue weighted by molar-refractivity contribution is 6.00. The molecular formula is C16H14N4O. The lowest BCUT2D eigenvalue weighted by Crippen LogP contribution is -2.20. The summed E-state index contributed by atoms with van der Waals surface area (Å²) in [6, 6.07) is 14.3. The second kappa shape index (κ2) is 5.55. The minimum absolute atomic E-state index is 0.292. The number of hydrogen-bond donors (Lipinski definition) is 3. The van der Waals surface area contributed by atoms with E-state index in [2.05, 4.69) is 16.0 Å². The summed E-state index contributed by atoms with van der Waals surface area (Å²) in [7, 11) is 0. The summed E-state index contributed by atoms with van der Waals surface area (Å²) >= 11 is 0. The number of nitriles is 1. The smallest absolute Gasteiger partial charge is 0.323 e. The molecule has 21 heavy (non-hydrogen) atoms. The standard InChI is InChI=1S/C16H14N4O/c17-10-11-4-6-12(7-5-11)19-16(21)20-15-3-1-2-14-13(15)8-9-18-14/h1-7,18H,8-9H2,(H2,19,20,21). The molecule has 3 rings (SSSR count). The van der Waals surface area contributed by atoms with Crippen molar-refractivity contribution >= 4 is 23.1 Å². The molecule has 0 saturated heterocycles. The molecule has 2 aromatic carbocycles. The van der Waals surface area contributed by atoms with Gasteiger partial charge in [0.05, 0.1) is 11.6 Å². The van der Waals surface area contributed by atoms with E-state index in [1.54, 1.807) is 24.3 Å². The molecule has 0 spiro atoms. The summed E-state index contributed by atoms with van der Waals surface area (Å²) in [5.74, 6) is 0. The first-order valence-electron chi connectivity index (χ1n) is 6.70. The molecule has 1 aliphatic heterocycles. The Morgan fingerprint density at radius 2 is 1.95 bits per heavy atom. The van der Waals surface area contributed by atoms with Gasteiger partial charge in [-0.15, -0.1) is 0 Å². The zero-order chi connectivity index (χ0) is 14.7. The van der Waals surface area contributed by atoms with Gasteiger partial charge in [-0.1, -0.05) is 6.07 Å². The Balaban J connectivity index is 1.69. The van der Waals surface area contributed by atoms with Gasteiger partial charge in [0.25, 0.3) is 0 Å². The van der Waals surface area contributed by atoms with E-state index in [1.165, 1.54) is 0 Å². The van der Waals surface area contributed by atoms with Gasteiger partial charge in [-0.2, -0.15) is 5.26 Å². The molecule has 0 aromatic heterocycles. The van der Waals surface area contributed by atoms with E-state index in [1.807, 2.05) is 24.3 Å². The van der Waals surface area contributed by atoms with E-state index in [0.717, 1.165) is 29.9 Å². The van der Waals surface area contributed by atoms with Crippen molar-refractivity contribution in [2.24, 2.45) is 0 Å². The van der Waals surface area contributed by atoms with Crippen LogP contribution >= 0.6 is 0 Å². The fraction of sp³-hybridized carbons (Fsp3) is 0.125. The first kappa shape index (κ1) is 13.0. The molecule has 0 radical (unpaired) electrons. The third-order valence-corrected chi connectivity index (χ3v) is 3.39. The number of amides is 2. The third-order valence-electron chi connectivity index (χ3n) is 3.39. The van der Waals surface area contributed by atoms with Gasteiger partial charge in [-0.25, -0.2) is 4.79 Å². The van der Waals surface area contributed by atoms with Crippen LogP contribution in [0.5, 0.6) is 0 Å². The Kier molecular flexibility index (Phi) is 3.44. The molecule has 2 aromatic rings. The summed E-state index contributed by atoms with van der Waals surface area (Å²) in [6.07, 6.45) is 0.905. The van der Waals surface area contributed by atoms with Crippen LogP contribution in [0.15, 0.2) is 42.5 Å². The fourth-order valence-electron chi connectivity index (χ4n) is 2.37. The van der Waals surface area contributed by atoms with E-state index in [4.69, 9.17) is 5.26 Å². The van der Waals surface area contributed by atoms with Crippen molar-refractivity contribution in [2.75, 3.05) is 22.5 Å². The molecule has 1 aliphatic rings. The van der Waals surface area contributed by atoms with Crippen LogP contribution in [0, 0.1) is 11.3 Å². The quantitative estimate of drug-likeness (QED) is 0.789. The van der Waals surface area contributed by atoms with Crippen molar-refractivity contribution < 1.29 is 4.79 Å². The van der Waals surface area contributed by atoms with Gasteiger partial charge in [0.2, 0.25) is 0 Å². The predicted molar refractivity (Wildman–Crippen MR) is 82.4 cm³/mol. The number of hydrogen-bond acceptors (Lipinski definition) is 3. The Morgan fingerprint density at radius 3 is 2.71 bits per heavy atom. The van der Waals surface area contributed by atoms with Crippen LogP contribution in [0.2, 0.25) is 0 Å². The van der Waals surface area contributed by atoms with Gasteiger partial charge in [0.1, 0.15) is 0 Å². The first-order valence-corrected chi connectivity index (χ1v) is 6.70. The van der Waals surface area contributed by atoms with Gasteiger partial charge in [-0.3, -0.25) is 0 Å². The van der Waals surface area contributed by atoms with E-state index in [9.17, 15) is 4.79 Å². The summed E-state index contributed by atoms with van der Waals surface area (Å²) in [4.78, 5) is 12.0. The van der Waals surface area contributed by atoms with Crippen LogP contribution in [0.25, 0.3) is 0 Å². The molecule has 5 heteroatoms. The van der Waals surface area contributed by atoms with Crippen molar-refractivity contribution in [1.82, 2.24) is 0 Å². The minimum atomic E-state index is -0.292. The molecule has 3 N–H and O–H groups in total. The number of carbonyl (C=O) groups is 1. The molecule has 0 bridgehead atoms. The van der Waals surface area contributed by atoms with Gasteiger partial charge >= 0.3 is 6.03 Å². The molecule has 0 unspecified atom stereocenters. The lowest BCUT2D eigenvalue weighted by Gasteiger charge is -2.11. The maximum atomic E-state index is 12.0. The maximum Gasteiger partial charge on any atom is 0.323 e. The lowest BCUT2D eigenvalue weighted by molar-refractivity contribution is 0.262. The number of fused-ring (bicyclic) bond motifs is 1. The maximum absolute atomic E-state index is 12.0. The molecule has 2 amide bonds. The summed E-state index contributed by atoms with van der Waals surface area (Å²) in [5.41, 5.74) is 4.24. The molecule has 1 heterocycles. The molecular weight excluding hydrogens is 264 g/mol. The summed E-state index contributed by atoms with van der Waals surface area (Å²) in [6.45, 7) is 0.894. The lowest BCUT2D eigenvalue weighted by atomic mass is 10.1. The number of urea groups is 1. The number of nitrogens with one attached hydrogen (secondary N) is 3. The molecule has 0 atom stereocenters. The summed E-state index contributed by atoms with van der Waals surface area (Å²) < 4.78 is 0. The van der Waals surface area contributed by atoms with Crippen LogP contribution in [-0.4, -0.2) is 12.6 Å². The van der Waals surface area contributed by atoms with Crippen molar-refractivity contribution in [2.45, 2.75) is 6.42 Å². The Labute approximate surface area is 122 Å². The average Bonchev–Trinajstić information content (AvgIpc) is 2.97. The Morgan fingerprint density at radius 1 is 1.14 bits per heavy atom. The van der Waals surface area contributed by atoms with E-state index < -0.39 is 0 Å². The average molecular weight is 278 g/mol. The highest BCUT2D eigenvalue weighted by Gasteiger charge is 2.15. The largest absolute Gasteiger partial charge is 0.384 e. The van der Waals surface area contributed by atoms with Crippen LogP contribution < -0.4 is 16.0 Å². The van der Waals surface area contributed by atoms with Crippen LogP contribution in [0.1, 0.15) is 11.1 Å². The molecule has 5 nitrogen and oxygen atoms in total. The Bertz CT molecular complexity index is 716. The van der Waals surface area contributed by atoms with E-state index in [0.29, 0.717) is 11.3 Å². The zero-order valence-corrected chi connectivity index (χ0v) is 11.3. The number of nitrogens with zero attached hydrogens (tertiary/aromatic N) is 1. The number of benzene rings is 2. The van der Waals surface area contributed by atoms with Gasteiger partial charge in [-0.05, 0) is 42.8 Å². The predicted octanol–water partition coefficient (Wildman–Crippen LogP) is 3.17. The molecule has 0 saturated carbocycles.